The average molecular weight is 274 g/mol. The van der Waals surface area contributed by atoms with Crippen molar-refractivity contribution >= 4 is 28.9 Å². The fourth-order valence-corrected chi connectivity index (χ4v) is 1.75. The molecule has 2 aromatic carbocycles. The van der Waals surface area contributed by atoms with Crippen LogP contribution < -0.4 is 5.73 Å². The summed E-state index contributed by atoms with van der Waals surface area (Å²) >= 11 is 11.6. The molecular weight excluding hydrogens is 267 g/mol. The monoisotopic (exact) mass is 273 g/mol. The van der Waals surface area contributed by atoms with Gasteiger partial charge in [0.1, 0.15) is 11.6 Å². The molecule has 5 heteroatoms. The highest BCUT2D eigenvalue weighted by Crippen LogP contribution is 2.31. The van der Waals surface area contributed by atoms with Crippen LogP contribution in [-0.4, -0.2) is 0 Å². The van der Waals surface area contributed by atoms with Crippen LogP contribution in [0.1, 0.15) is 0 Å². The molecule has 0 aromatic heterocycles. The number of nitrogens with two attached hydrogens (primary N) is 1. The molecule has 0 aliphatic heterocycles. The fourth-order valence-electron chi connectivity index (χ4n) is 1.45. The van der Waals surface area contributed by atoms with Crippen LogP contribution in [0.3, 0.4) is 0 Å². The lowest BCUT2D eigenvalue weighted by atomic mass is 10.0. The van der Waals surface area contributed by atoms with E-state index in [4.69, 9.17) is 28.9 Å². The van der Waals surface area contributed by atoms with E-state index in [9.17, 15) is 8.78 Å². The van der Waals surface area contributed by atoms with E-state index in [-0.39, 0.29) is 16.3 Å². The van der Waals surface area contributed by atoms with Crippen LogP contribution in [0.4, 0.5) is 14.5 Å². The molecule has 0 bridgehead atoms. The van der Waals surface area contributed by atoms with Gasteiger partial charge in [0, 0.05) is 11.6 Å². The lowest BCUT2D eigenvalue weighted by molar-refractivity contribution is 0.607. The molecule has 88 valence electrons. The highest BCUT2D eigenvalue weighted by Gasteiger charge is 2.11. The highest BCUT2D eigenvalue weighted by atomic mass is 35.5. The zero-order valence-electron chi connectivity index (χ0n) is 8.48. The van der Waals surface area contributed by atoms with Gasteiger partial charge in [-0.15, -0.1) is 0 Å². The van der Waals surface area contributed by atoms with Crippen molar-refractivity contribution < 1.29 is 8.78 Å². The van der Waals surface area contributed by atoms with Crippen molar-refractivity contribution in [2.45, 2.75) is 0 Å². The Labute approximate surface area is 107 Å². The predicted octanol–water partition coefficient (Wildman–Crippen LogP) is 4.52. The smallest absolute Gasteiger partial charge is 0.146 e. The Morgan fingerprint density at radius 2 is 1.59 bits per heavy atom. The molecule has 17 heavy (non-hydrogen) atoms. The van der Waals surface area contributed by atoms with E-state index in [1.54, 1.807) is 6.07 Å². The average Bonchev–Trinajstić information content (AvgIpc) is 2.27. The topological polar surface area (TPSA) is 26.0 Å². The Balaban J connectivity index is 2.60. The number of hydrogen-bond donors (Lipinski definition) is 1. The van der Waals surface area contributed by atoms with Gasteiger partial charge < -0.3 is 5.73 Å². The molecule has 0 fully saturated rings. The summed E-state index contributed by atoms with van der Waals surface area (Å²) in [6.07, 6.45) is 0. The van der Waals surface area contributed by atoms with Gasteiger partial charge in [-0.2, -0.15) is 0 Å². The van der Waals surface area contributed by atoms with Crippen molar-refractivity contribution in [2.24, 2.45) is 0 Å². The van der Waals surface area contributed by atoms with Gasteiger partial charge >= 0.3 is 0 Å². The van der Waals surface area contributed by atoms with Crippen molar-refractivity contribution in [2.75, 3.05) is 5.73 Å². The van der Waals surface area contributed by atoms with E-state index < -0.39 is 11.6 Å². The summed E-state index contributed by atoms with van der Waals surface area (Å²) in [6, 6.07) is 6.52. The minimum absolute atomic E-state index is 0.0928. The zero-order valence-corrected chi connectivity index (χ0v) is 9.99. The van der Waals surface area contributed by atoms with Gasteiger partial charge in [-0.1, -0.05) is 29.3 Å². The van der Waals surface area contributed by atoms with E-state index in [2.05, 4.69) is 0 Å². The lowest BCUT2D eigenvalue weighted by Crippen LogP contribution is -1.94. The molecule has 1 nitrogen and oxygen atoms in total. The van der Waals surface area contributed by atoms with Crippen LogP contribution in [0.5, 0.6) is 0 Å². The predicted molar refractivity (Wildman–Crippen MR) is 66.2 cm³/mol. The van der Waals surface area contributed by atoms with Gasteiger partial charge in [0.15, 0.2) is 0 Å². The molecule has 2 aromatic rings. The van der Waals surface area contributed by atoms with E-state index in [0.717, 1.165) is 12.1 Å². The van der Waals surface area contributed by atoms with Crippen LogP contribution >= 0.6 is 23.2 Å². The second-order valence-corrected chi connectivity index (χ2v) is 4.30. The molecule has 0 saturated heterocycles. The second kappa shape index (κ2) is 4.51. The molecule has 0 aliphatic rings. The summed E-state index contributed by atoms with van der Waals surface area (Å²) in [6.45, 7) is 0. The van der Waals surface area contributed by atoms with Crippen molar-refractivity contribution in [3.05, 3.63) is 52.0 Å². The Morgan fingerprint density at radius 1 is 0.882 bits per heavy atom. The molecule has 2 N–H and O–H groups in total. The quantitative estimate of drug-likeness (QED) is 0.760. The highest BCUT2D eigenvalue weighted by molar-refractivity contribution is 6.42. The maximum Gasteiger partial charge on any atom is 0.146 e. The number of rotatable bonds is 1. The summed E-state index contributed by atoms with van der Waals surface area (Å²) < 4.78 is 26.9. The number of halogens is 4. The fraction of sp³-hybridized carbons (Fsp3) is 0. The third-order valence-electron chi connectivity index (χ3n) is 2.32. The Morgan fingerprint density at radius 3 is 2.24 bits per heavy atom. The van der Waals surface area contributed by atoms with Crippen LogP contribution in [0.2, 0.25) is 10.0 Å². The first kappa shape index (κ1) is 12.1. The van der Waals surface area contributed by atoms with Crippen molar-refractivity contribution in [3.8, 4) is 11.1 Å². The largest absolute Gasteiger partial charge is 0.396 e. The number of anilines is 1. The molecule has 0 atom stereocenters. The normalized spacial score (nSPS) is 10.6. The first-order valence-electron chi connectivity index (χ1n) is 4.69. The zero-order chi connectivity index (χ0) is 12.6. The third kappa shape index (κ3) is 2.35. The maximum absolute atomic E-state index is 13.6. The SMILES string of the molecule is Nc1cc(F)c(-c2ccc(Cl)c(Cl)c2)cc1F. The first-order chi connectivity index (χ1) is 7.99. The summed E-state index contributed by atoms with van der Waals surface area (Å²) in [7, 11) is 0. The van der Waals surface area contributed by atoms with Gasteiger partial charge in [-0.25, -0.2) is 8.78 Å². The first-order valence-corrected chi connectivity index (χ1v) is 5.44. The van der Waals surface area contributed by atoms with Gasteiger partial charge in [-0.05, 0) is 23.8 Å². The molecule has 2 rings (SSSR count). The summed E-state index contributed by atoms with van der Waals surface area (Å²) in [5, 5.41) is 0.632. The van der Waals surface area contributed by atoms with Gasteiger partial charge in [0.25, 0.3) is 0 Å². The van der Waals surface area contributed by atoms with Crippen LogP contribution in [0, 0.1) is 11.6 Å². The molecule has 0 amide bonds. The van der Waals surface area contributed by atoms with Crippen molar-refractivity contribution in [1.82, 2.24) is 0 Å². The lowest BCUT2D eigenvalue weighted by Gasteiger charge is -2.06. The molecular formula is C12H7Cl2F2N. The molecule has 0 unspecified atom stereocenters. The van der Waals surface area contributed by atoms with Crippen LogP contribution in [0.15, 0.2) is 30.3 Å². The maximum atomic E-state index is 13.6. The van der Waals surface area contributed by atoms with Crippen LogP contribution in [-0.2, 0) is 0 Å². The molecule has 0 saturated carbocycles. The van der Waals surface area contributed by atoms with Crippen molar-refractivity contribution in [1.29, 1.82) is 0 Å². The van der Waals surface area contributed by atoms with Crippen LogP contribution in [0.25, 0.3) is 11.1 Å². The van der Waals surface area contributed by atoms with Gasteiger partial charge in [-0.3, -0.25) is 0 Å². The number of nitrogen functional groups attached to an aromatic ring is 1. The number of benzene rings is 2. The Bertz CT molecular complexity index is 585. The summed E-state index contributed by atoms with van der Waals surface area (Å²) in [5.41, 5.74) is 5.56. The van der Waals surface area contributed by atoms with Gasteiger partial charge in [0.05, 0.1) is 15.7 Å². The Hall–Kier alpha value is -1.32. The van der Waals surface area contributed by atoms with E-state index in [1.807, 2.05) is 0 Å². The summed E-state index contributed by atoms with van der Waals surface area (Å²) in [4.78, 5) is 0. The molecule has 0 aliphatic carbocycles. The minimum atomic E-state index is -0.674. The standard InChI is InChI=1S/C12H7Cl2F2N/c13-8-2-1-6(3-9(8)14)7-4-11(16)12(17)5-10(7)15/h1-5H,17H2. The third-order valence-corrected chi connectivity index (χ3v) is 3.06. The van der Waals surface area contributed by atoms with E-state index in [1.165, 1.54) is 12.1 Å². The van der Waals surface area contributed by atoms with E-state index in [0.29, 0.717) is 10.6 Å². The van der Waals surface area contributed by atoms with Gasteiger partial charge in [0.2, 0.25) is 0 Å². The Kier molecular flexibility index (Phi) is 3.22. The van der Waals surface area contributed by atoms with E-state index >= 15 is 0 Å². The number of hydrogen-bond acceptors (Lipinski definition) is 1. The second-order valence-electron chi connectivity index (χ2n) is 3.48. The molecule has 0 spiro atoms. The summed E-state index contributed by atoms with van der Waals surface area (Å²) in [5.74, 6) is -1.28. The van der Waals surface area contributed by atoms with Crippen molar-refractivity contribution in [3.63, 3.8) is 0 Å². The minimum Gasteiger partial charge on any atom is -0.396 e. The molecule has 0 heterocycles. The molecule has 0 radical (unpaired) electrons.